The topological polar surface area (TPSA) is 108 Å². The van der Waals surface area contributed by atoms with Gasteiger partial charge >= 0.3 is 6.03 Å². The van der Waals surface area contributed by atoms with Crippen molar-refractivity contribution in [3.63, 3.8) is 0 Å². The van der Waals surface area contributed by atoms with E-state index < -0.39 is 23.4 Å². The van der Waals surface area contributed by atoms with Crippen LogP contribution in [0.1, 0.15) is 26.7 Å². The van der Waals surface area contributed by atoms with Crippen LogP contribution < -0.4 is 16.1 Å². The van der Waals surface area contributed by atoms with Gasteiger partial charge in [-0.2, -0.15) is 5.48 Å². The molecule has 0 aromatic heterocycles. The predicted molar refractivity (Wildman–Crippen MR) is 53.4 cm³/mol. The highest BCUT2D eigenvalue weighted by Crippen LogP contribution is 2.19. The predicted octanol–water partition coefficient (Wildman–Crippen LogP) is -0.494. The van der Waals surface area contributed by atoms with E-state index in [1.807, 2.05) is 24.5 Å². The fraction of sp³-hybridized carbons (Fsp3) is 0.667. The minimum Gasteiger partial charge on any atom is -0.315 e. The molecule has 0 spiro atoms. The van der Waals surface area contributed by atoms with Gasteiger partial charge in [0.25, 0.3) is 11.8 Å². The van der Waals surface area contributed by atoms with Crippen LogP contribution in [0.15, 0.2) is 0 Å². The molecule has 0 aliphatic carbocycles. The van der Waals surface area contributed by atoms with Crippen molar-refractivity contribution in [2.24, 2.45) is 5.92 Å². The van der Waals surface area contributed by atoms with Crippen molar-refractivity contribution < 1.29 is 19.6 Å². The van der Waals surface area contributed by atoms with Gasteiger partial charge in [0.15, 0.2) is 5.54 Å². The zero-order valence-corrected chi connectivity index (χ0v) is 9.16. The molecule has 1 rings (SSSR count). The zero-order chi connectivity index (χ0) is 12.3. The maximum atomic E-state index is 11.6. The Morgan fingerprint density at radius 2 is 1.75 bits per heavy atom. The zero-order valence-electron chi connectivity index (χ0n) is 9.16. The van der Waals surface area contributed by atoms with E-state index in [9.17, 15) is 14.4 Å². The lowest BCUT2D eigenvalue weighted by Gasteiger charge is -2.32. The van der Waals surface area contributed by atoms with Crippen LogP contribution in [0.5, 0.6) is 0 Å². The number of hydrogen-bond acceptors (Lipinski definition) is 5. The number of nitrogens with one attached hydrogen (secondary N) is 3. The summed E-state index contributed by atoms with van der Waals surface area (Å²) in [6, 6.07) is -0.870. The van der Waals surface area contributed by atoms with Gasteiger partial charge < -0.3 is 5.21 Å². The molecule has 7 heteroatoms. The maximum Gasteiger partial charge on any atom is 0.328 e. The van der Waals surface area contributed by atoms with Crippen LogP contribution in [0.3, 0.4) is 0 Å². The molecule has 7 nitrogen and oxygen atoms in total. The first-order valence-corrected chi connectivity index (χ1v) is 5.00. The van der Waals surface area contributed by atoms with Gasteiger partial charge in [-0.3, -0.25) is 20.2 Å². The molecule has 90 valence electrons. The lowest BCUT2D eigenvalue weighted by atomic mass is 9.88. The molecule has 4 N–H and O–H groups in total. The van der Waals surface area contributed by atoms with E-state index in [-0.39, 0.29) is 12.3 Å². The maximum absolute atomic E-state index is 11.6. The van der Waals surface area contributed by atoms with E-state index in [2.05, 4.69) is 0 Å². The summed E-state index contributed by atoms with van der Waals surface area (Å²) in [5, 5.41) is 12.9. The fourth-order valence-corrected chi connectivity index (χ4v) is 1.44. The molecule has 1 fully saturated rings. The third-order valence-corrected chi connectivity index (χ3v) is 2.52. The molecule has 0 aromatic carbocycles. The third kappa shape index (κ3) is 2.20. The minimum atomic E-state index is -1.77. The van der Waals surface area contributed by atoms with Gasteiger partial charge in [0, 0.05) is 0 Å². The van der Waals surface area contributed by atoms with Crippen molar-refractivity contribution in [1.29, 1.82) is 0 Å². The first kappa shape index (κ1) is 12.6. The third-order valence-electron chi connectivity index (χ3n) is 2.52. The Kier molecular flexibility index (Phi) is 3.61. The Labute approximate surface area is 92.5 Å². The Bertz CT molecular complexity index is 307. The van der Waals surface area contributed by atoms with Crippen molar-refractivity contribution in [3.8, 4) is 0 Å². The number of barbiturate groups is 1. The van der Waals surface area contributed by atoms with Gasteiger partial charge in [0.05, 0.1) is 0 Å². The fourth-order valence-electron chi connectivity index (χ4n) is 1.44. The van der Waals surface area contributed by atoms with Gasteiger partial charge in [0.2, 0.25) is 0 Å². The Balaban J connectivity index is 2.87. The van der Waals surface area contributed by atoms with E-state index >= 15 is 0 Å². The second-order valence-corrected chi connectivity index (χ2v) is 4.19. The highest BCUT2D eigenvalue weighted by Gasteiger charge is 2.50. The minimum absolute atomic E-state index is 0.117. The summed E-state index contributed by atoms with van der Waals surface area (Å²) >= 11 is 0. The molecule has 4 amide bonds. The number of imide groups is 2. The van der Waals surface area contributed by atoms with E-state index in [0.29, 0.717) is 6.42 Å². The molecule has 0 atom stereocenters. The van der Waals surface area contributed by atoms with Crippen molar-refractivity contribution in [2.75, 3.05) is 0 Å². The highest BCUT2D eigenvalue weighted by molar-refractivity contribution is 6.22. The molecular weight excluding hydrogens is 214 g/mol. The van der Waals surface area contributed by atoms with Crippen LogP contribution >= 0.6 is 0 Å². The quantitative estimate of drug-likeness (QED) is 0.384. The van der Waals surface area contributed by atoms with Crippen molar-refractivity contribution in [1.82, 2.24) is 16.1 Å². The van der Waals surface area contributed by atoms with Gasteiger partial charge in [-0.05, 0) is 18.8 Å². The number of carbonyl (C=O) groups is 3. The Hall–Kier alpha value is -1.47. The number of hydrogen-bond donors (Lipinski definition) is 4. The Morgan fingerprint density at radius 3 is 2.12 bits per heavy atom. The van der Waals surface area contributed by atoms with Crippen LogP contribution in [0.2, 0.25) is 0 Å². The molecule has 0 aromatic rings. The van der Waals surface area contributed by atoms with Crippen LogP contribution in [0.25, 0.3) is 0 Å². The summed E-state index contributed by atoms with van der Waals surface area (Å²) in [7, 11) is 0. The number of urea groups is 1. The van der Waals surface area contributed by atoms with Crippen molar-refractivity contribution in [3.05, 3.63) is 0 Å². The number of hydroxylamine groups is 1. The first-order chi connectivity index (χ1) is 7.42. The van der Waals surface area contributed by atoms with Crippen LogP contribution in [-0.4, -0.2) is 28.6 Å². The lowest BCUT2D eigenvalue weighted by Crippen LogP contribution is -2.71. The summed E-state index contributed by atoms with van der Waals surface area (Å²) in [5.74, 6) is -1.39. The smallest absolute Gasteiger partial charge is 0.315 e. The second-order valence-electron chi connectivity index (χ2n) is 4.19. The van der Waals surface area contributed by atoms with E-state index in [4.69, 9.17) is 5.21 Å². The summed E-state index contributed by atoms with van der Waals surface area (Å²) in [5.41, 5.74) is -0.0491. The van der Waals surface area contributed by atoms with E-state index in [1.165, 1.54) is 0 Å². The summed E-state index contributed by atoms with van der Waals surface area (Å²) in [6.45, 7) is 3.85. The molecule has 0 saturated carbocycles. The van der Waals surface area contributed by atoms with E-state index in [0.717, 1.165) is 0 Å². The molecular formula is C9H15N3O4. The summed E-state index contributed by atoms with van der Waals surface area (Å²) in [6.07, 6.45) is 0.675. The summed E-state index contributed by atoms with van der Waals surface area (Å²) < 4.78 is 0. The average Bonchev–Trinajstić information content (AvgIpc) is 2.17. The largest absolute Gasteiger partial charge is 0.328 e. The van der Waals surface area contributed by atoms with Crippen molar-refractivity contribution >= 4 is 17.8 Å². The number of amides is 4. The van der Waals surface area contributed by atoms with Crippen LogP contribution in [0, 0.1) is 5.92 Å². The highest BCUT2D eigenvalue weighted by atomic mass is 16.5. The molecule has 1 saturated heterocycles. The van der Waals surface area contributed by atoms with Gasteiger partial charge in [0.1, 0.15) is 0 Å². The molecule has 1 aliphatic heterocycles. The standard InChI is InChI=1S/C9H15N3O4/c1-5(2)3-4-9(12-16)6(13)10-8(15)11-7(9)14/h5,12,16H,3-4H2,1-2H3,(H2,10,11,13,14,15). The molecule has 1 heterocycles. The molecule has 1 aliphatic rings. The molecule has 16 heavy (non-hydrogen) atoms. The van der Waals surface area contributed by atoms with Gasteiger partial charge in [-0.1, -0.05) is 13.8 Å². The van der Waals surface area contributed by atoms with E-state index in [1.54, 1.807) is 5.48 Å². The SMILES string of the molecule is CC(C)CCC1(NO)C(=O)NC(=O)NC1=O. The first-order valence-electron chi connectivity index (χ1n) is 5.00. The monoisotopic (exact) mass is 229 g/mol. The number of rotatable bonds is 4. The Morgan fingerprint density at radius 1 is 1.25 bits per heavy atom. The van der Waals surface area contributed by atoms with Crippen molar-refractivity contribution in [2.45, 2.75) is 32.2 Å². The van der Waals surface area contributed by atoms with Crippen LogP contribution in [0.4, 0.5) is 4.79 Å². The summed E-state index contributed by atoms with van der Waals surface area (Å²) in [4.78, 5) is 34.0. The normalized spacial score (nSPS) is 19.6. The van der Waals surface area contributed by atoms with Gasteiger partial charge in [-0.25, -0.2) is 4.79 Å². The lowest BCUT2D eigenvalue weighted by molar-refractivity contribution is -0.146. The average molecular weight is 229 g/mol. The molecule has 0 radical (unpaired) electrons. The van der Waals surface area contributed by atoms with Crippen LogP contribution in [-0.2, 0) is 9.59 Å². The molecule has 0 unspecified atom stereocenters. The second kappa shape index (κ2) is 4.58. The number of carbonyl (C=O) groups excluding carboxylic acids is 3. The molecule has 0 bridgehead atoms. The van der Waals surface area contributed by atoms with Gasteiger partial charge in [-0.15, -0.1) is 0 Å².